The smallest absolute Gasteiger partial charge is 0.255 e. The molecule has 1 amide bonds. The van der Waals surface area contributed by atoms with Crippen molar-refractivity contribution in [1.82, 2.24) is 19.8 Å². The van der Waals surface area contributed by atoms with E-state index in [-0.39, 0.29) is 23.3 Å². The molecule has 1 aromatic heterocycles. The average molecular weight is 449 g/mol. The third-order valence-corrected chi connectivity index (χ3v) is 7.26. The fourth-order valence-electron chi connectivity index (χ4n) is 5.36. The Bertz CT molecular complexity index is 1110. The molecular weight excluding hydrogens is 416 g/mol. The molecule has 0 saturated carbocycles. The summed E-state index contributed by atoms with van der Waals surface area (Å²) in [5.74, 6) is 2.09. The summed E-state index contributed by atoms with van der Waals surface area (Å²) in [4.78, 5) is 38.1. The number of amides is 1. The van der Waals surface area contributed by atoms with Crippen molar-refractivity contribution in [1.29, 1.82) is 0 Å². The van der Waals surface area contributed by atoms with Gasteiger partial charge in [0.1, 0.15) is 11.6 Å². The van der Waals surface area contributed by atoms with Crippen LogP contribution in [0.5, 0.6) is 5.75 Å². The third-order valence-electron chi connectivity index (χ3n) is 7.26. The molecule has 174 valence electrons. The van der Waals surface area contributed by atoms with Crippen LogP contribution in [0.25, 0.3) is 0 Å². The minimum atomic E-state index is -0.0399. The number of methoxy groups -OCH3 is 1. The summed E-state index contributed by atoms with van der Waals surface area (Å²) < 4.78 is 5.48. The number of nitrogens with zero attached hydrogens (tertiary/aromatic N) is 3. The zero-order valence-electron chi connectivity index (χ0n) is 19.3. The molecule has 7 heteroatoms. The molecule has 0 radical (unpaired) electrons. The zero-order chi connectivity index (χ0) is 22.8. The fourth-order valence-corrected chi connectivity index (χ4v) is 5.36. The van der Waals surface area contributed by atoms with Gasteiger partial charge in [0.2, 0.25) is 5.91 Å². The van der Waals surface area contributed by atoms with E-state index in [4.69, 9.17) is 9.72 Å². The maximum atomic E-state index is 13.0. The van der Waals surface area contributed by atoms with Crippen LogP contribution >= 0.6 is 0 Å². The van der Waals surface area contributed by atoms with Gasteiger partial charge in [-0.2, -0.15) is 0 Å². The molecule has 7 nitrogen and oxygen atoms in total. The third kappa shape index (κ3) is 4.60. The minimum Gasteiger partial charge on any atom is -0.496 e. The van der Waals surface area contributed by atoms with Gasteiger partial charge in [0, 0.05) is 56.5 Å². The number of likely N-dealkylation sites (tertiary alicyclic amines) is 1. The predicted octanol–water partition coefficient (Wildman–Crippen LogP) is 3.01. The Kier molecular flexibility index (Phi) is 6.31. The normalized spacial score (nSPS) is 22.9. The largest absolute Gasteiger partial charge is 0.496 e. The van der Waals surface area contributed by atoms with Gasteiger partial charge in [0.25, 0.3) is 5.56 Å². The van der Waals surface area contributed by atoms with Gasteiger partial charge in [-0.05, 0) is 31.7 Å². The monoisotopic (exact) mass is 448 g/mol. The highest BCUT2D eigenvalue weighted by Gasteiger charge is 2.33. The molecule has 1 N–H and O–H groups in total. The second kappa shape index (κ2) is 9.51. The Balaban J connectivity index is 1.26. The molecule has 2 aromatic rings. The van der Waals surface area contributed by atoms with Gasteiger partial charge in [-0.1, -0.05) is 30.4 Å². The zero-order valence-corrected chi connectivity index (χ0v) is 19.3. The second-order valence-electron chi connectivity index (χ2n) is 9.40. The number of fused-ring (bicyclic) bond motifs is 1. The number of aromatic nitrogens is 2. The molecule has 0 bridgehead atoms. The number of benzene rings is 1. The Morgan fingerprint density at radius 1 is 1.21 bits per heavy atom. The van der Waals surface area contributed by atoms with Crippen LogP contribution in [-0.4, -0.2) is 52.4 Å². The standard InChI is InChI=1S/C26H32N4O3/c1-33-23-10-6-5-9-19(23)15-29-13-12-22-21(17-29)25(31)28-24(27-22)20-11-14-30(16-20)26(32)18-7-3-2-4-8-18/h2-3,5-6,9-10,18,20H,4,7-8,11-17H2,1H3,(H,27,28,31)/t18-,20-/m0/s1. The summed E-state index contributed by atoms with van der Waals surface area (Å²) in [6, 6.07) is 8.01. The number of carbonyl (C=O) groups excluding carboxylic acids is 1. The quantitative estimate of drug-likeness (QED) is 0.712. The van der Waals surface area contributed by atoms with E-state index in [1.165, 1.54) is 0 Å². The summed E-state index contributed by atoms with van der Waals surface area (Å²) in [7, 11) is 1.68. The molecule has 3 aliphatic rings. The highest BCUT2D eigenvalue weighted by Crippen LogP contribution is 2.29. The number of para-hydroxylation sites is 1. The van der Waals surface area contributed by atoms with Crippen molar-refractivity contribution in [3.8, 4) is 5.75 Å². The number of hydrogen-bond donors (Lipinski definition) is 1. The van der Waals surface area contributed by atoms with Crippen LogP contribution in [-0.2, 0) is 24.3 Å². The molecule has 1 fully saturated rings. The lowest BCUT2D eigenvalue weighted by Gasteiger charge is -2.28. The van der Waals surface area contributed by atoms with Crippen LogP contribution < -0.4 is 10.3 Å². The van der Waals surface area contributed by atoms with Crippen molar-refractivity contribution >= 4 is 5.91 Å². The Hall–Kier alpha value is -2.93. The van der Waals surface area contributed by atoms with Crippen molar-refractivity contribution < 1.29 is 9.53 Å². The Labute approximate surface area is 194 Å². The first-order chi connectivity index (χ1) is 16.1. The summed E-state index contributed by atoms with van der Waals surface area (Å²) in [6.07, 6.45) is 8.67. The van der Waals surface area contributed by atoms with Gasteiger partial charge in [0.15, 0.2) is 0 Å². The molecule has 33 heavy (non-hydrogen) atoms. The maximum Gasteiger partial charge on any atom is 0.255 e. The van der Waals surface area contributed by atoms with Gasteiger partial charge >= 0.3 is 0 Å². The van der Waals surface area contributed by atoms with E-state index >= 15 is 0 Å². The molecule has 1 aliphatic carbocycles. The molecule has 5 rings (SSSR count). The number of hydrogen-bond acceptors (Lipinski definition) is 5. The molecule has 0 spiro atoms. The maximum absolute atomic E-state index is 13.0. The van der Waals surface area contributed by atoms with Crippen molar-refractivity contribution in [3.63, 3.8) is 0 Å². The van der Waals surface area contributed by atoms with E-state index in [1.54, 1.807) is 7.11 Å². The number of ether oxygens (including phenoxy) is 1. The Morgan fingerprint density at radius 3 is 2.91 bits per heavy atom. The summed E-state index contributed by atoms with van der Waals surface area (Å²) in [5.41, 5.74) is 2.75. The second-order valence-corrected chi connectivity index (χ2v) is 9.40. The summed E-state index contributed by atoms with van der Waals surface area (Å²) >= 11 is 0. The first kappa shape index (κ1) is 21.9. The van der Waals surface area contributed by atoms with Crippen molar-refractivity contribution in [2.45, 2.75) is 51.1 Å². The summed E-state index contributed by atoms with van der Waals surface area (Å²) in [5, 5.41) is 0. The molecular formula is C26H32N4O3. The topological polar surface area (TPSA) is 78.5 Å². The van der Waals surface area contributed by atoms with Crippen LogP contribution in [0.2, 0.25) is 0 Å². The lowest BCUT2D eigenvalue weighted by Crippen LogP contribution is -2.37. The number of allylic oxidation sites excluding steroid dienone is 2. The van der Waals surface area contributed by atoms with Crippen molar-refractivity contribution in [2.75, 3.05) is 26.7 Å². The average Bonchev–Trinajstić information content (AvgIpc) is 3.35. The minimum absolute atomic E-state index is 0.0399. The van der Waals surface area contributed by atoms with Gasteiger partial charge in [0.05, 0.1) is 18.4 Å². The van der Waals surface area contributed by atoms with Gasteiger partial charge in [-0.3, -0.25) is 14.5 Å². The molecule has 2 aliphatic heterocycles. The van der Waals surface area contributed by atoms with Gasteiger partial charge < -0.3 is 14.6 Å². The Morgan fingerprint density at radius 2 is 2.09 bits per heavy atom. The van der Waals surface area contributed by atoms with Crippen LogP contribution in [0.1, 0.15) is 54.2 Å². The molecule has 1 saturated heterocycles. The lowest BCUT2D eigenvalue weighted by atomic mass is 9.93. The van der Waals surface area contributed by atoms with Gasteiger partial charge in [-0.25, -0.2) is 4.98 Å². The SMILES string of the molecule is COc1ccccc1CN1CCc2nc([C@H]3CCN(C(=O)[C@H]4CC=CCC4)C3)[nH]c(=O)c2C1. The van der Waals surface area contributed by atoms with Crippen LogP contribution in [0.3, 0.4) is 0 Å². The number of H-pyrrole nitrogens is 1. The van der Waals surface area contributed by atoms with E-state index in [0.717, 1.165) is 80.1 Å². The van der Waals surface area contributed by atoms with E-state index in [2.05, 4.69) is 28.1 Å². The molecule has 3 heterocycles. The van der Waals surface area contributed by atoms with Crippen molar-refractivity contribution in [2.24, 2.45) is 5.92 Å². The molecule has 1 aromatic carbocycles. The first-order valence-corrected chi connectivity index (χ1v) is 12.0. The first-order valence-electron chi connectivity index (χ1n) is 12.0. The number of aromatic amines is 1. The van der Waals surface area contributed by atoms with Crippen molar-refractivity contribution in [3.05, 3.63) is 69.4 Å². The van der Waals surface area contributed by atoms with E-state index in [0.29, 0.717) is 13.1 Å². The van der Waals surface area contributed by atoms with E-state index in [9.17, 15) is 9.59 Å². The molecule has 2 atom stereocenters. The fraction of sp³-hybridized carbons (Fsp3) is 0.500. The van der Waals surface area contributed by atoms with E-state index in [1.807, 2.05) is 23.1 Å². The van der Waals surface area contributed by atoms with E-state index < -0.39 is 0 Å². The molecule has 0 unspecified atom stereocenters. The number of nitrogens with one attached hydrogen (secondary N) is 1. The van der Waals surface area contributed by atoms with Crippen LogP contribution in [0, 0.1) is 5.92 Å². The number of carbonyl (C=O) groups is 1. The lowest BCUT2D eigenvalue weighted by molar-refractivity contribution is -0.134. The highest BCUT2D eigenvalue weighted by molar-refractivity contribution is 5.79. The number of rotatable bonds is 5. The predicted molar refractivity (Wildman–Crippen MR) is 126 cm³/mol. The van der Waals surface area contributed by atoms with Crippen LogP contribution in [0.4, 0.5) is 0 Å². The summed E-state index contributed by atoms with van der Waals surface area (Å²) in [6.45, 7) is 3.57. The van der Waals surface area contributed by atoms with Crippen LogP contribution in [0.15, 0.2) is 41.2 Å². The van der Waals surface area contributed by atoms with Gasteiger partial charge in [-0.15, -0.1) is 0 Å². The highest BCUT2D eigenvalue weighted by atomic mass is 16.5.